The molecule has 0 aliphatic rings. The van der Waals surface area contributed by atoms with Gasteiger partial charge in [-0.15, -0.1) is 11.5 Å². The minimum Gasteiger partial charge on any atom is -0.872 e. The molecule has 0 aliphatic carbocycles. The van der Waals surface area contributed by atoms with Gasteiger partial charge in [0.15, 0.2) is 0 Å². The zero-order valence-corrected chi connectivity index (χ0v) is 17.1. The van der Waals surface area contributed by atoms with E-state index < -0.39 is 0 Å². The summed E-state index contributed by atoms with van der Waals surface area (Å²) in [6, 6.07) is 11.3. The molecule has 2 aromatic rings. The molecule has 124 valence electrons. The van der Waals surface area contributed by atoms with Crippen molar-refractivity contribution in [3.63, 3.8) is 0 Å². The minimum atomic E-state index is 0. The van der Waals surface area contributed by atoms with Gasteiger partial charge in [-0.2, -0.15) is 0 Å². The maximum atomic E-state index is 12.2. The van der Waals surface area contributed by atoms with E-state index in [9.17, 15) is 10.2 Å². The van der Waals surface area contributed by atoms with Crippen molar-refractivity contribution in [1.29, 1.82) is 0 Å². The summed E-state index contributed by atoms with van der Waals surface area (Å²) in [7, 11) is 0. The first-order chi connectivity index (χ1) is 11.1. The van der Waals surface area contributed by atoms with Gasteiger partial charge in [-0.25, -0.2) is 0 Å². The molecule has 0 atom stereocenters. The van der Waals surface area contributed by atoms with Crippen molar-refractivity contribution in [2.24, 2.45) is 0 Å². The Morgan fingerprint density at radius 1 is 0.708 bits per heavy atom. The van der Waals surface area contributed by atoms with Crippen LogP contribution < -0.4 is 10.2 Å². The molecule has 0 saturated heterocycles. The number of rotatable bonds is 8. The summed E-state index contributed by atoms with van der Waals surface area (Å²) in [6.45, 7) is 4.29. The smallest absolute Gasteiger partial charge is 0.872 e. The maximum Gasteiger partial charge on any atom is 2.00 e. The van der Waals surface area contributed by atoms with Crippen LogP contribution in [0.5, 0.6) is 11.5 Å². The largest absolute Gasteiger partial charge is 2.00 e. The van der Waals surface area contributed by atoms with Crippen molar-refractivity contribution in [2.75, 3.05) is 0 Å². The molecule has 0 aromatic heterocycles. The van der Waals surface area contributed by atoms with Crippen LogP contribution in [0.1, 0.15) is 61.8 Å². The monoisotopic (exact) mass is 350 g/mol. The van der Waals surface area contributed by atoms with Gasteiger partial charge in [-0.05, 0) is 43.2 Å². The van der Waals surface area contributed by atoms with Crippen LogP contribution >= 0.6 is 0 Å². The minimum absolute atomic E-state index is 0. The van der Waals surface area contributed by atoms with Crippen LogP contribution in [0.4, 0.5) is 0 Å². The molecule has 0 unspecified atom stereocenters. The van der Waals surface area contributed by atoms with Crippen LogP contribution in [0.15, 0.2) is 36.4 Å². The number of hydrogen-bond donors (Lipinski definition) is 0. The van der Waals surface area contributed by atoms with E-state index in [1.807, 2.05) is 24.3 Å². The Kier molecular flexibility index (Phi) is 9.80. The van der Waals surface area contributed by atoms with E-state index in [1.54, 1.807) is 12.1 Å². The van der Waals surface area contributed by atoms with Gasteiger partial charge in [0, 0.05) is 0 Å². The topological polar surface area (TPSA) is 46.1 Å². The van der Waals surface area contributed by atoms with Crippen LogP contribution in [0.3, 0.4) is 0 Å². The molecule has 2 aromatic carbocycles. The van der Waals surface area contributed by atoms with E-state index >= 15 is 0 Å². The van der Waals surface area contributed by atoms with Gasteiger partial charge in [-0.1, -0.05) is 74.2 Å². The van der Waals surface area contributed by atoms with Crippen LogP contribution in [-0.4, -0.2) is 37.7 Å². The molecule has 3 heteroatoms. The van der Waals surface area contributed by atoms with E-state index in [4.69, 9.17) is 0 Å². The Balaban J connectivity index is 0.00000288. The van der Waals surface area contributed by atoms with Crippen molar-refractivity contribution < 1.29 is 10.2 Å². The van der Waals surface area contributed by atoms with E-state index in [2.05, 4.69) is 13.8 Å². The SMILES string of the molecule is CCCCc1ccc(Cc2ccc(CCCC)cc2[O-])c([O-])c1.[Ca+2]. The summed E-state index contributed by atoms with van der Waals surface area (Å²) in [5, 5.41) is 24.5. The normalized spacial score (nSPS) is 10.4. The van der Waals surface area contributed by atoms with Crippen molar-refractivity contribution in [3.8, 4) is 11.5 Å². The molecule has 0 spiro atoms. The number of unbranched alkanes of at least 4 members (excludes halogenated alkanes) is 2. The first-order valence-electron chi connectivity index (χ1n) is 8.71. The summed E-state index contributed by atoms with van der Waals surface area (Å²) in [4.78, 5) is 0. The van der Waals surface area contributed by atoms with Crippen molar-refractivity contribution in [2.45, 2.75) is 58.8 Å². The number of hydrogen-bond acceptors (Lipinski definition) is 2. The van der Waals surface area contributed by atoms with E-state index in [0.717, 1.165) is 49.7 Å². The Hall–Kier alpha value is -0.700. The van der Waals surface area contributed by atoms with Crippen molar-refractivity contribution in [3.05, 3.63) is 58.7 Å². The molecular formula is C21H26CaO2. The van der Waals surface area contributed by atoms with Crippen LogP contribution in [-0.2, 0) is 19.3 Å². The van der Waals surface area contributed by atoms with Gasteiger partial charge in [0.2, 0.25) is 0 Å². The molecule has 0 N–H and O–H groups in total. The second-order valence-corrected chi connectivity index (χ2v) is 6.27. The average molecular weight is 351 g/mol. The van der Waals surface area contributed by atoms with Gasteiger partial charge in [0.25, 0.3) is 0 Å². The van der Waals surface area contributed by atoms with Gasteiger partial charge >= 0.3 is 37.7 Å². The van der Waals surface area contributed by atoms with Gasteiger partial charge < -0.3 is 10.2 Å². The molecule has 2 rings (SSSR count). The molecule has 0 aliphatic heterocycles. The van der Waals surface area contributed by atoms with Crippen molar-refractivity contribution in [1.82, 2.24) is 0 Å². The predicted octanol–water partition coefficient (Wildman–Crippen LogP) is 3.73. The molecule has 0 fully saturated rings. The maximum absolute atomic E-state index is 12.2. The zero-order valence-electron chi connectivity index (χ0n) is 14.9. The fraction of sp³-hybridized carbons (Fsp3) is 0.429. The third-order valence-electron chi connectivity index (χ3n) is 4.28. The van der Waals surface area contributed by atoms with E-state index in [-0.39, 0.29) is 49.2 Å². The summed E-state index contributed by atoms with van der Waals surface area (Å²) in [6.07, 6.45) is 6.78. The van der Waals surface area contributed by atoms with Crippen LogP contribution in [0, 0.1) is 0 Å². The zero-order chi connectivity index (χ0) is 16.7. The Bertz CT molecular complexity index is 582. The molecule has 24 heavy (non-hydrogen) atoms. The standard InChI is InChI=1S/C21H28O2.Ca/c1-3-5-7-16-9-11-18(20(22)13-16)15-19-12-10-17(8-6-4-2)14-21(19)23;/h9-14,22-23H,3-8,15H2,1-2H3;/q;+2/p-2. The average Bonchev–Trinajstić information content (AvgIpc) is 2.55. The predicted molar refractivity (Wildman–Crippen MR) is 97.6 cm³/mol. The van der Waals surface area contributed by atoms with Crippen LogP contribution in [0.25, 0.3) is 0 Å². The van der Waals surface area contributed by atoms with Crippen LogP contribution in [0.2, 0.25) is 0 Å². The second-order valence-electron chi connectivity index (χ2n) is 6.27. The molecule has 0 amide bonds. The third kappa shape index (κ3) is 6.31. The summed E-state index contributed by atoms with van der Waals surface area (Å²) < 4.78 is 0. The number of benzene rings is 2. The van der Waals surface area contributed by atoms with Gasteiger partial charge in [0.1, 0.15) is 0 Å². The summed E-state index contributed by atoms with van der Waals surface area (Å²) >= 11 is 0. The molecule has 0 heterocycles. The molecular weight excluding hydrogens is 324 g/mol. The third-order valence-corrected chi connectivity index (χ3v) is 4.28. The van der Waals surface area contributed by atoms with E-state index in [1.165, 1.54) is 0 Å². The Morgan fingerprint density at radius 3 is 1.46 bits per heavy atom. The van der Waals surface area contributed by atoms with Crippen molar-refractivity contribution >= 4 is 37.7 Å². The Morgan fingerprint density at radius 2 is 1.12 bits per heavy atom. The summed E-state index contributed by atoms with van der Waals surface area (Å²) in [5.41, 5.74) is 3.61. The van der Waals surface area contributed by atoms with Gasteiger partial charge in [-0.3, -0.25) is 0 Å². The fourth-order valence-electron chi connectivity index (χ4n) is 2.77. The second kappa shape index (κ2) is 11.0. The molecule has 0 radical (unpaired) electrons. The van der Waals surface area contributed by atoms with E-state index in [0.29, 0.717) is 17.5 Å². The molecule has 2 nitrogen and oxygen atoms in total. The van der Waals surface area contributed by atoms with Gasteiger partial charge in [0.05, 0.1) is 0 Å². The summed E-state index contributed by atoms with van der Waals surface area (Å²) in [5.74, 6) is 0.0983. The molecule has 0 bridgehead atoms. The Labute approximate surface area is 175 Å². The quantitative estimate of drug-likeness (QED) is 0.681. The fourth-order valence-corrected chi connectivity index (χ4v) is 2.77. The first-order valence-corrected chi connectivity index (χ1v) is 8.71. The first kappa shape index (κ1) is 21.3. The molecule has 0 saturated carbocycles. The number of aryl methyl sites for hydroxylation is 2.